The van der Waals surface area contributed by atoms with E-state index in [9.17, 15) is 18.0 Å². The molecule has 7 heteroatoms. The van der Waals surface area contributed by atoms with Gasteiger partial charge in [-0.3, -0.25) is 0 Å². The number of hydrogen-bond donors (Lipinski definition) is 1. The summed E-state index contributed by atoms with van der Waals surface area (Å²) >= 11 is 0. The molecule has 1 rings (SSSR count). The van der Waals surface area contributed by atoms with Crippen molar-refractivity contribution >= 4 is 6.09 Å². The Hall–Kier alpha value is -0.980. The second-order valence-electron chi connectivity index (χ2n) is 6.98. The third-order valence-electron chi connectivity index (χ3n) is 3.44. The lowest BCUT2D eigenvalue weighted by Gasteiger charge is -2.26. The van der Waals surface area contributed by atoms with Crippen molar-refractivity contribution in [3.05, 3.63) is 0 Å². The molecule has 1 amide bonds. The number of rotatable bonds is 3. The zero-order valence-corrected chi connectivity index (χ0v) is 13.8. The molecule has 1 aliphatic rings. The molecule has 0 aromatic rings. The van der Waals surface area contributed by atoms with Gasteiger partial charge < -0.3 is 15.0 Å². The first-order valence-corrected chi connectivity index (χ1v) is 7.77. The molecular formula is C15H27F3N2O2. The number of carbonyl (C=O) groups excluding carboxylic acids is 1. The van der Waals surface area contributed by atoms with Crippen molar-refractivity contribution in [2.75, 3.05) is 13.1 Å². The highest BCUT2D eigenvalue weighted by Gasteiger charge is 2.31. The van der Waals surface area contributed by atoms with Crippen LogP contribution in [0, 0.1) is 0 Å². The molecule has 2 unspecified atom stereocenters. The minimum atomic E-state index is -4.15. The molecule has 130 valence electrons. The molecule has 22 heavy (non-hydrogen) atoms. The van der Waals surface area contributed by atoms with Crippen molar-refractivity contribution in [2.45, 2.75) is 77.2 Å². The van der Waals surface area contributed by atoms with Crippen LogP contribution in [0.2, 0.25) is 0 Å². The van der Waals surface area contributed by atoms with Crippen LogP contribution < -0.4 is 5.32 Å². The number of nitrogens with one attached hydrogen (secondary N) is 1. The molecule has 1 saturated heterocycles. The van der Waals surface area contributed by atoms with Crippen molar-refractivity contribution in [3.8, 4) is 0 Å². The summed E-state index contributed by atoms with van der Waals surface area (Å²) in [4.78, 5) is 13.7. The highest BCUT2D eigenvalue weighted by Crippen LogP contribution is 2.22. The average molecular weight is 324 g/mol. The molecule has 0 bridgehead atoms. The molecule has 0 spiro atoms. The predicted molar refractivity (Wildman–Crippen MR) is 78.7 cm³/mol. The van der Waals surface area contributed by atoms with Crippen LogP contribution in [0.25, 0.3) is 0 Å². The average Bonchev–Trinajstić information content (AvgIpc) is 2.49. The van der Waals surface area contributed by atoms with Crippen LogP contribution in [0.5, 0.6) is 0 Å². The normalized spacial score (nSPS) is 22.1. The summed E-state index contributed by atoms with van der Waals surface area (Å²) in [5, 5.41) is 3.02. The van der Waals surface area contributed by atoms with E-state index in [2.05, 4.69) is 5.32 Å². The maximum Gasteiger partial charge on any atom is 0.410 e. The smallest absolute Gasteiger partial charge is 0.410 e. The third-order valence-corrected chi connectivity index (χ3v) is 3.44. The van der Waals surface area contributed by atoms with Crippen LogP contribution in [-0.2, 0) is 4.74 Å². The van der Waals surface area contributed by atoms with Crippen LogP contribution in [0.4, 0.5) is 18.0 Å². The summed E-state index contributed by atoms with van der Waals surface area (Å²) in [6, 6.07) is -0.608. The molecule has 2 atom stereocenters. The Morgan fingerprint density at radius 1 is 1.27 bits per heavy atom. The maximum absolute atomic E-state index is 12.4. The van der Waals surface area contributed by atoms with Gasteiger partial charge in [0.15, 0.2) is 0 Å². The van der Waals surface area contributed by atoms with Crippen LogP contribution in [0.1, 0.15) is 53.4 Å². The maximum atomic E-state index is 12.4. The zero-order valence-electron chi connectivity index (χ0n) is 13.8. The minimum Gasteiger partial charge on any atom is -0.444 e. The highest BCUT2D eigenvalue weighted by molar-refractivity contribution is 5.68. The molecule has 4 nitrogen and oxygen atoms in total. The third kappa shape index (κ3) is 7.87. The van der Waals surface area contributed by atoms with Crippen molar-refractivity contribution in [3.63, 3.8) is 0 Å². The van der Waals surface area contributed by atoms with Gasteiger partial charge in [0.05, 0.1) is 6.42 Å². The van der Waals surface area contributed by atoms with Gasteiger partial charge in [-0.1, -0.05) is 0 Å². The van der Waals surface area contributed by atoms with Crippen LogP contribution >= 0.6 is 0 Å². The standard InChI is InChI=1S/C15H27F3N2O2/c1-11(10-15(16,17)18)19-12-6-5-8-20(9-7-12)13(21)22-14(2,3)4/h11-12,19H,5-10H2,1-4H3. The van der Waals surface area contributed by atoms with Crippen molar-refractivity contribution < 1.29 is 22.7 Å². The fourth-order valence-electron chi connectivity index (χ4n) is 2.58. The lowest BCUT2D eigenvalue weighted by molar-refractivity contribution is -0.139. The molecular weight excluding hydrogens is 297 g/mol. The fraction of sp³-hybridized carbons (Fsp3) is 0.933. The molecule has 1 aliphatic heterocycles. The van der Waals surface area contributed by atoms with Crippen LogP contribution in [0.3, 0.4) is 0 Å². The predicted octanol–water partition coefficient (Wildman–Crippen LogP) is 3.71. The van der Waals surface area contributed by atoms with E-state index in [-0.39, 0.29) is 12.1 Å². The number of likely N-dealkylation sites (tertiary alicyclic amines) is 1. The number of carbonyl (C=O) groups is 1. The van der Waals surface area contributed by atoms with E-state index < -0.39 is 24.2 Å². The lowest BCUT2D eigenvalue weighted by atomic mass is 10.1. The van der Waals surface area contributed by atoms with Gasteiger partial charge in [-0.05, 0) is 47.0 Å². The van der Waals surface area contributed by atoms with Gasteiger partial charge in [-0.2, -0.15) is 13.2 Å². The summed E-state index contributed by atoms with van der Waals surface area (Å²) in [5.41, 5.74) is -0.539. The number of alkyl halides is 3. The number of nitrogens with zero attached hydrogens (tertiary/aromatic N) is 1. The monoisotopic (exact) mass is 324 g/mol. The zero-order chi connectivity index (χ0) is 17.0. The Kier molecular flexibility index (Phi) is 6.52. The first-order chi connectivity index (χ1) is 9.96. The van der Waals surface area contributed by atoms with E-state index in [1.807, 2.05) is 20.8 Å². The Bertz CT molecular complexity index is 367. The highest BCUT2D eigenvalue weighted by atomic mass is 19.4. The Labute approximate surface area is 130 Å². The van der Waals surface area contributed by atoms with Crippen molar-refractivity contribution in [1.29, 1.82) is 0 Å². The molecule has 0 radical (unpaired) electrons. The Balaban J connectivity index is 2.44. The Morgan fingerprint density at radius 2 is 1.91 bits per heavy atom. The fourth-order valence-corrected chi connectivity index (χ4v) is 2.58. The van der Waals surface area contributed by atoms with Crippen molar-refractivity contribution in [1.82, 2.24) is 10.2 Å². The van der Waals surface area contributed by atoms with E-state index in [4.69, 9.17) is 4.74 Å². The van der Waals surface area contributed by atoms with E-state index >= 15 is 0 Å². The molecule has 0 aromatic heterocycles. The molecule has 1 fully saturated rings. The topological polar surface area (TPSA) is 41.6 Å². The lowest BCUT2D eigenvalue weighted by Crippen LogP contribution is -2.40. The van der Waals surface area contributed by atoms with E-state index in [1.165, 1.54) is 0 Å². The molecule has 1 heterocycles. The van der Waals surface area contributed by atoms with Gasteiger partial charge in [-0.15, -0.1) is 0 Å². The van der Waals surface area contributed by atoms with Gasteiger partial charge in [-0.25, -0.2) is 4.79 Å². The number of ether oxygens (including phenoxy) is 1. The quantitative estimate of drug-likeness (QED) is 0.860. The largest absolute Gasteiger partial charge is 0.444 e. The minimum absolute atomic E-state index is 0.00443. The van der Waals surface area contributed by atoms with Crippen LogP contribution in [-0.4, -0.2) is 47.9 Å². The van der Waals surface area contributed by atoms with Gasteiger partial charge in [0.1, 0.15) is 5.60 Å². The summed E-state index contributed by atoms with van der Waals surface area (Å²) in [7, 11) is 0. The molecule has 0 aliphatic carbocycles. The second kappa shape index (κ2) is 7.53. The molecule has 0 saturated carbocycles. The van der Waals surface area contributed by atoms with Gasteiger partial charge in [0, 0.05) is 25.2 Å². The summed E-state index contributed by atoms with van der Waals surface area (Å²) < 4.78 is 42.4. The van der Waals surface area contributed by atoms with Gasteiger partial charge in [0.25, 0.3) is 0 Å². The first-order valence-electron chi connectivity index (χ1n) is 7.77. The van der Waals surface area contributed by atoms with Gasteiger partial charge in [0.2, 0.25) is 0 Å². The molecule has 0 aromatic carbocycles. The van der Waals surface area contributed by atoms with Crippen LogP contribution in [0.15, 0.2) is 0 Å². The summed E-state index contributed by atoms with van der Waals surface area (Å²) in [6.45, 7) is 8.07. The van der Waals surface area contributed by atoms with E-state index in [1.54, 1.807) is 11.8 Å². The number of amides is 1. The van der Waals surface area contributed by atoms with Crippen molar-refractivity contribution in [2.24, 2.45) is 0 Å². The Morgan fingerprint density at radius 3 is 2.45 bits per heavy atom. The SMILES string of the molecule is CC(CC(F)(F)F)NC1CCCN(C(=O)OC(C)(C)C)CC1. The van der Waals surface area contributed by atoms with Gasteiger partial charge >= 0.3 is 12.3 Å². The molecule has 1 N–H and O–H groups in total. The number of hydrogen-bond acceptors (Lipinski definition) is 3. The number of halogens is 3. The first kappa shape index (κ1) is 19.1. The van der Waals surface area contributed by atoms with E-state index in [0.717, 1.165) is 12.8 Å². The summed E-state index contributed by atoms with van der Waals surface area (Å²) in [5.74, 6) is 0. The summed E-state index contributed by atoms with van der Waals surface area (Å²) in [6.07, 6.45) is -3.17. The second-order valence-corrected chi connectivity index (χ2v) is 6.98. The van der Waals surface area contributed by atoms with E-state index in [0.29, 0.717) is 19.5 Å².